The number of benzene rings is 3. The summed E-state index contributed by atoms with van der Waals surface area (Å²) in [5.74, 6) is 0.861. The third-order valence-corrected chi connectivity index (χ3v) is 6.62. The van der Waals surface area contributed by atoms with Gasteiger partial charge in [-0.3, -0.25) is 9.88 Å². The molecule has 156 valence electrons. The van der Waals surface area contributed by atoms with Crippen LogP contribution in [0.25, 0.3) is 11.0 Å². The maximum atomic E-state index is 12.9. The molecule has 1 atom stereocenters. The van der Waals surface area contributed by atoms with Gasteiger partial charge in [0, 0.05) is 10.0 Å². The smallest absolute Gasteiger partial charge is 0.339 e. The van der Waals surface area contributed by atoms with Crippen LogP contribution in [0, 0.1) is 0 Å². The number of halogens is 1. The predicted octanol–water partition coefficient (Wildman–Crippen LogP) is 3.85. The highest BCUT2D eigenvalue weighted by atomic mass is 79.9. The van der Waals surface area contributed by atoms with E-state index in [9.17, 15) is 8.42 Å². The number of rotatable bonds is 4. The van der Waals surface area contributed by atoms with Crippen molar-refractivity contribution in [2.75, 3.05) is 5.32 Å². The minimum absolute atomic E-state index is 0.0487. The summed E-state index contributed by atoms with van der Waals surface area (Å²) in [5.41, 5.74) is 8.14. The highest BCUT2D eigenvalue weighted by Gasteiger charge is 2.29. The Labute approximate surface area is 186 Å². The van der Waals surface area contributed by atoms with Crippen LogP contribution in [-0.2, 0) is 10.1 Å². The van der Waals surface area contributed by atoms with Gasteiger partial charge in [-0.15, -0.1) is 0 Å². The van der Waals surface area contributed by atoms with E-state index in [0.29, 0.717) is 11.5 Å². The maximum absolute atomic E-state index is 12.9. The summed E-state index contributed by atoms with van der Waals surface area (Å²) in [6.07, 6.45) is -0.653. The second-order valence-corrected chi connectivity index (χ2v) is 9.30. The molecule has 1 aromatic heterocycles. The molecule has 8 nitrogen and oxygen atoms in total. The molecule has 5 rings (SSSR count). The van der Waals surface area contributed by atoms with Gasteiger partial charge in [0.25, 0.3) is 0 Å². The fraction of sp³-hybridized carbons (Fsp3) is 0.0476. The number of aromatic nitrogens is 2. The fourth-order valence-electron chi connectivity index (χ4n) is 3.46. The van der Waals surface area contributed by atoms with Crippen molar-refractivity contribution < 1.29 is 12.6 Å². The highest BCUT2D eigenvalue weighted by molar-refractivity contribution is 9.10. The van der Waals surface area contributed by atoms with Gasteiger partial charge in [-0.1, -0.05) is 46.3 Å². The molecule has 1 aliphatic heterocycles. The first-order valence-corrected chi connectivity index (χ1v) is 11.5. The molecule has 0 radical (unpaired) electrons. The Morgan fingerprint density at radius 1 is 1.00 bits per heavy atom. The zero-order valence-electron chi connectivity index (χ0n) is 15.9. The molecule has 0 bridgehead atoms. The van der Waals surface area contributed by atoms with Gasteiger partial charge in [-0.2, -0.15) is 8.42 Å². The number of nitrogens with one attached hydrogen (secondary N) is 1. The molecule has 4 aromatic rings. The molecular formula is C21H16BrN5O3S. The second kappa shape index (κ2) is 7.40. The van der Waals surface area contributed by atoms with E-state index in [1.54, 1.807) is 36.4 Å². The number of hydrogen-bond acceptors (Lipinski definition) is 7. The highest BCUT2D eigenvalue weighted by Crippen LogP contribution is 2.37. The van der Waals surface area contributed by atoms with Crippen LogP contribution < -0.4 is 15.2 Å². The van der Waals surface area contributed by atoms with Gasteiger partial charge in [0.15, 0.2) is 12.1 Å². The Kier molecular flexibility index (Phi) is 4.67. The van der Waals surface area contributed by atoms with Gasteiger partial charge in [-0.25, -0.2) is 9.98 Å². The minimum atomic E-state index is -4.05. The number of hydrogen-bond donors (Lipinski definition) is 2. The number of nitrogens with zero attached hydrogens (tertiary/aromatic N) is 3. The molecular weight excluding hydrogens is 482 g/mol. The van der Waals surface area contributed by atoms with Crippen molar-refractivity contribution in [3.63, 3.8) is 0 Å². The molecule has 1 aliphatic rings. The third-order valence-electron chi connectivity index (χ3n) is 4.84. The van der Waals surface area contributed by atoms with Crippen LogP contribution in [-0.4, -0.2) is 23.9 Å². The van der Waals surface area contributed by atoms with Crippen molar-refractivity contribution in [1.82, 2.24) is 9.55 Å². The summed E-state index contributed by atoms with van der Waals surface area (Å²) in [5, 5.41) is 2.96. The lowest BCUT2D eigenvalue weighted by Gasteiger charge is -2.25. The number of anilines is 1. The van der Waals surface area contributed by atoms with Crippen LogP contribution in [0.1, 0.15) is 11.7 Å². The average Bonchev–Trinajstić information content (AvgIpc) is 3.12. The SMILES string of the molecule is NC1=NC(c2ccccc2OS(=O)(=O)c2ccc(Br)cc2)n2c(nc3ccccc32)N1. The number of fused-ring (bicyclic) bond motifs is 3. The molecule has 3 N–H and O–H groups in total. The lowest BCUT2D eigenvalue weighted by atomic mass is 10.1. The van der Waals surface area contributed by atoms with E-state index < -0.39 is 16.3 Å². The van der Waals surface area contributed by atoms with Crippen LogP contribution in [0.2, 0.25) is 0 Å². The number of para-hydroxylation sites is 3. The first-order chi connectivity index (χ1) is 14.9. The topological polar surface area (TPSA) is 112 Å². The Hall–Kier alpha value is -3.37. The Morgan fingerprint density at radius 2 is 1.71 bits per heavy atom. The molecule has 31 heavy (non-hydrogen) atoms. The third kappa shape index (κ3) is 3.53. The number of nitrogens with two attached hydrogens (primary N) is 1. The largest absolute Gasteiger partial charge is 0.379 e. The summed E-state index contributed by atoms with van der Waals surface area (Å²) in [6, 6.07) is 20.7. The molecule has 10 heteroatoms. The van der Waals surface area contributed by atoms with Gasteiger partial charge in [0.05, 0.1) is 11.0 Å². The normalized spacial score (nSPS) is 15.8. The maximum Gasteiger partial charge on any atom is 0.339 e. The van der Waals surface area contributed by atoms with Gasteiger partial charge in [0.2, 0.25) is 5.95 Å². The molecule has 0 saturated carbocycles. The monoisotopic (exact) mass is 497 g/mol. The quantitative estimate of drug-likeness (QED) is 0.414. The summed E-state index contributed by atoms with van der Waals surface area (Å²) in [6.45, 7) is 0. The van der Waals surface area contributed by atoms with Crippen molar-refractivity contribution in [3.05, 3.63) is 82.8 Å². The van der Waals surface area contributed by atoms with Crippen molar-refractivity contribution in [2.45, 2.75) is 11.1 Å². The summed E-state index contributed by atoms with van der Waals surface area (Å²) in [7, 11) is -4.05. The molecule has 0 saturated heterocycles. The van der Waals surface area contributed by atoms with E-state index in [1.807, 2.05) is 28.8 Å². The lowest BCUT2D eigenvalue weighted by molar-refractivity contribution is 0.476. The van der Waals surface area contributed by atoms with Crippen molar-refractivity contribution in [1.29, 1.82) is 0 Å². The van der Waals surface area contributed by atoms with Crippen molar-refractivity contribution in [2.24, 2.45) is 10.7 Å². The predicted molar refractivity (Wildman–Crippen MR) is 122 cm³/mol. The van der Waals surface area contributed by atoms with Crippen molar-refractivity contribution >= 4 is 49.0 Å². The standard InChI is InChI=1S/C21H16BrN5O3S/c22-13-9-11-14(12-10-13)31(28,29)30-18-8-4-1-5-15(18)19-25-20(23)26-21-24-16-6-2-3-7-17(16)27(19)21/h1-12,19H,(H3,23,24,25,26). The minimum Gasteiger partial charge on any atom is -0.379 e. The van der Waals surface area contributed by atoms with E-state index >= 15 is 0 Å². The zero-order chi connectivity index (χ0) is 21.6. The number of aliphatic imine (C=N–C) groups is 1. The Bertz CT molecular complexity index is 1430. The summed E-state index contributed by atoms with van der Waals surface area (Å²) >= 11 is 3.30. The van der Waals surface area contributed by atoms with Crippen LogP contribution >= 0.6 is 15.9 Å². The Morgan fingerprint density at radius 3 is 2.52 bits per heavy atom. The first kappa shape index (κ1) is 19.6. The van der Waals surface area contributed by atoms with Crippen LogP contribution in [0.4, 0.5) is 5.95 Å². The van der Waals surface area contributed by atoms with Gasteiger partial charge in [0.1, 0.15) is 10.6 Å². The number of guanidine groups is 1. The average molecular weight is 498 g/mol. The zero-order valence-corrected chi connectivity index (χ0v) is 18.3. The lowest BCUT2D eigenvalue weighted by Crippen LogP contribution is -2.31. The summed E-state index contributed by atoms with van der Waals surface area (Å²) < 4.78 is 34.0. The van der Waals surface area contributed by atoms with Crippen LogP contribution in [0.3, 0.4) is 0 Å². The second-order valence-electron chi connectivity index (χ2n) is 6.84. The van der Waals surface area contributed by atoms with E-state index in [4.69, 9.17) is 9.92 Å². The first-order valence-electron chi connectivity index (χ1n) is 9.29. The molecule has 0 aliphatic carbocycles. The molecule has 0 spiro atoms. The summed E-state index contributed by atoms with van der Waals surface area (Å²) in [4.78, 5) is 9.13. The molecule has 3 aromatic carbocycles. The van der Waals surface area contributed by atoms with Crippen LogP contribution in [0.15, 0.2) is 87.2 Å². The fourth-order valence-corrected chi connectivity index (χ4v) is 4.68. The van der Waals surface area contributed by atoms with Gasteiger partial charge in [-0.05, 0) is 42.5 Å². The van der Waals surface area contributed by atoms with Crippen LogP contribution in [0.5, 0.6) is 5.75 Å². The molecule has 2 heterocycles. The van der Waals surface area contributed by atoms with E-state index in [2.05, 4.69) is 31.2 Å². The van der Waals surface area contributed by atoms with E-state index in [1.165, 1.54) is 12.1 Å². The number of imidazole rings is 1. The Balaban J connectivity index is 1.62. The molecule has 1 unspecified atom stereocenters. The van der Waals surface area contributed by atoms with Gasteiger partial charge >= 0.3 is 10.1 Å². The van der Waals surface area contributed by atoms with Crippen molar-refractivity contribution in [3.8, 4) is 5.75 Å². The van der Waals surface area contributed by atoms with Gasteiger partial charge < -0.3 is 9.92 Å². The molecule has 0 fully saturated rings. The van der Waals surface area contributed by atoms with E-state index in [-0.39, 0.29) is 16.6 Å². The van der Waals surface area contributed by atoms with E-state index in [0.717, 1.165) is 15.5 Å². The molecule has 0 amide bonds.